The molecule has 1 saturated heterocycles. The number of benzene rings is 1. The average molecular weight is 623 g/mol. The summed E-state index contributed by atoms with van der Waals surface area (Å²) in [6.07, 6.45) is -3.49. The number of Topliss-reactive ketones (excluding diaryl/α,β-unsaturated/α-hetero) is 2. The molecule has 0 radical (unpaired) electrons. The Hall–Kier alpha value is -3.46. The van der Waals surface area contributed by atoms with Gasteiger partial charge in [-0.3, -0.25) is 19.3 Å². The van der Waals surface area contributed by atoms with E-state index in [2.05, 4.69) is 4.90 Å². The van der Waals surface area contributed by atoms with E-state index in [-0.39, 0.29) is 18.5 Å². The van der Waals surface area contributed by atoms with Gasteiger partial charge in [0.25, 0.3) is 5.91 Å². The Bertz CT molecular complexity index is 1480. The molecule has 1 amide bonds. The summed E-state index contributed by atoms with van der Waals surface area (Å²) in [6, 6.07) is -0.337. The van der Waals surface area contributed by atoms with Crippen LogP contribution in [0.4, 0.5) is 13.2 Å². The molecule has 0 aromatic heterocycles. The van der Waals surface area contributed by atoms with Crippen LogP contribution in [0.1, 0.15) is 46.3 Å². The number of aliphatic hydroxyl groups excluding tert-OH is 2. The zero-order valence-corrected chi connectivity index (χ0v) is 24.7. The predicted octanol–water partition coefficient (Wildman–Crippen LogP) is 1.67. The molecule has 4 atom stereocenters. The Labute approximate surface area is 252 Å². The summed E-state index contributed by atoms with van der Waals surface area (Å²) in [4.78, 5) is 44.6. The van der Waals surface area contributed by atoms with Crippen molar-refractivity contribution in [2.45, 2.75) is 50.0 Å². The number of hydrogen-bond acceptors (Lipinski definition) is 10. The van der Waals surface area contributed by atoms with E-state index >= 15 is 0 Å². The molecule has 14 heteroatoms. The second-order valence-electron chi connectivity index (χ2n) is 12.5. The number of nitrogens with zero attached hydrogens (tertiary/aromatic N) is 3. The fraction of sp³-hybridized carbons (Fsp3) is 0.567. The van der Waals surface area contributed by atoms with Crippen LogP contribution in [-0.2, 0) is 28.7 Å². The third kappa shape index (κ3) is 4.97. The van der Waals surface area contributed by atoms with Crippen LogP contribution in [0.2, 0.25) is 0 Å². The molecule has 1 aromatic carbocycles. The summed E-state index contributed by atoms with van der Waals surface area (Å²) < 4.78 is 44.2. The molecule has 1 aromatic rings. The van der Waals surface area contributed by atoms with Crippen LogP contribution in [0.3, 0.4) is 0 Å². The lowest BCUT2D eigenvalue weighted by atomic mass is 9.58. The summed E-state index contributed by atoms with van der Waals surface area (Å²) >= 11 is 0. The number of likely N-dealkylation sites (N-methyl/N-ethyl adjacent to an activating group) is 2. The van der Waals surface area contributed by atoms with Crippen LogP contribution in [0.15, 0.2) is 28.7 Å². The minimum absolute atomic E-state index is 0.148. The van der Waals surface area contributed by atoms with Gasteiger partial charge in [-0.15, -0.1) is 0 Å². The first-order chi connectivity index (χ1) is 20.5. The van der Waals surface area contributed by atoms with Gasteiger partial charge in [0, 0.05) is 31.1 Å². The number of allylic oxidation sites excluding steroid dienone is 1. The molecule has 1 fully saturated rings. The van der Waals surface area contributed by atoms with Crippen molar-refractivity contribution in [1.82, 2.24) is 14.7 Å². The number of phenols is 1. The Balaban J connectivity index is 1.60. The van der Waals surface area contributed by atoms with Crippen molar-refractivity contribution in [2.75, 3.05) is 47.3 Å². The maximum atomic E-state index is 14.7. The standard InChI is InChI=1S/C30H37F3N4O7/c1-35(2)23-17-11-14-10-16-20(24(39)19(14)26(41)29(17,44)27(42)21(25(23)40)28(34)43)18(38)12-15(22(16)30(31,32)33)13-36(3)8-9-37-6-4-5-7-37/h12,14,17,23,38,40-41,44H,4-11,13H2,1-3H3,(H2,34,43)/t14-,17-,23-,29-/m0/s1. The molecule has 5 rings (SSSR count). The van der Waals surface area contributed by atoms with Gasteiger partial charge in [-0.25, -0.2) is 0 Å². The molecular weight excluding hydrogens is 585 g/mol. The number of carbonyl (C=O) groups excluding carboxylic acids is 3. The highest BCUT2D eigenvalue weighted by atomic mass is 19.4. The molecule has 0 unspecified atom stereocenters. The first-order valence-electron chi connectivity index (χ1n) is 14.5. The number of rotatable bonds is 7. The number of aromatic hydroxyl groups is 1. The van der Waals surface area contributed by atoms with Gasteiger partial charge in [-0.1, -0.05) is 0 Å². The number of halogens is 3. The van der Waals surface area contributed by atoms with Gasteiger partial charge >= 0.3 is 6.18 Å². The molecule has 3 aliphatic carbocycles. The van der Waals surface area contributed by atoms with Crippen LogP contribution in [-0.4, -0.2) is 112 Å². The number of phenolic OH excluding ortho intramolecular Hbond substituents is 1. The molecule has 4 aliphatic rings. The maximum absolute atomic E-state index is 14.7. The molecule has 240 valence electrons. The van der Waals surface area contributed by atoms with Crippen LogP contribution < -0.4 is 5.73 Å². The number of amides is 1. The van der Waals surface area contributed by atoms with E-state index in [1.165, 1.54) is 19.0 Å². The van der Waals surface area contributed by atoms with Crippen molar-refractivity contribution >= 4 is 17.5 Å². The van der Waals surface area contributed by atoms with Crippen LogP contribution in [0, 0.1) is 11.8 Å². The van der Waals surface area contributed by atoms with Gasteiger partial charge in [0.15, 0.2) is 11.4 Å². The molecular formula is C30H37F3N4O7. The minimum atomic E-state index is -4.90. The third-order valence-electron chi connectivity index (χ3n) is 9.53. The Morgan fingerprint density at radius 3 is 2.34 bits per heavy atom. The lowest BCUT2D eigenvalue weighted by Crippen LogP contribution is -2.63. The number of ketones is 2. The van der Waals surface area contributed by atoms with E-state index < -0.39 is 98.7 Å². The van der Waals surface area contributed by atoms with Crippen LogP contribution in [0.25, 0.3) is 0 Å². The van der Waals surface area contributed by atoms with Gasteiger partial charge in [-0.05, 0) is 83.0 Å². The van der Waals surface area contributed by atoms with Gasteiger partial charge in [0.2, 0.25) is 5.78 Å². The highest BCUT2D eigenvalue weighted by Gasteiger charge is 2.63. The number of likely N-dealkylation sites (tertiary alicyclic amines) is 1. The first kappa shape index (κ1) is 31.9. The normalized spacial score (nSPS) is 27.7. The Morgan fingerprint density at radius 1 is 1.14 bits per heavy atom. The highest BCUT2D eigenvalue weighted by Crippen LogP contribution is 2.54. The Morgan fingerprint density at radius 2 is 1.77 bits per heavy atom. The number of hydrogen-bond donors (Lipinski definition) is 5. The van der Waals surface area contributed by atoms with Crippen molar-refractivity contribution in [3.8, 4) is 5.75 Å². The fourth-order valence-corrected chi connectivity index (χ4v) is 7.56. The lowest BCUT2D eigenvalue weighted by molar-refractivity contribution is -0.148. The zero-order chi connectivity index (χ0) is 32.5. The Kier molecular flexibility index (Phi) is 8.10. The average Bonchev–Trinajstić information content (AvgIpc) is 3.42. The molecule has 0 saturated carbocycles. The summed E-state index contributed by atoms with van der Waals surface area (Å²) in [5.74, 6) is -8.99. The second kappa shape index (κ2) is 11.2. The molecule has 0 spiro atoms. The molecule has 1 heterocycles. The first-order valence-corrected chi connectivity index (χ1v) is 14.5. The van der Waals surface area contributed by atoms with E-state index in [1.54, 1.807) is 11.9 Å². The number of nitrogens with two attached hydrogens (primary N) is 1. The van der Waals surface area contributed by atoms with Crippen LogP contribution in [0.5, 0.6) is 5.75 Å². The van der Waals surface area contributed by atoms with Crippen molar-refractivity contribution < 1.29 is 48.0 Å². The third-order valence-corrected chi connectivity index (χ3v) is 9.53. The molecule has 11 nitrogen and oxygen atoms in total. The summed E-state index contributed by atoms with van der Waals surface area (Å²) in [7, 11) is 4.62. The molecule has 6 N–H and O–H groups in total. The zero-order valence-electron chi connectivity index (χ0n) is 24.7. The number of aliphatic hydroxyl groups is 3. The smallest absolute Gasteiger partial charge is 0.417 e. The van der Waals surface area contributed by atoms with E-state index in [0.29, 0.717) is 13.1 Å². The van der Waals surface area contributed by atoms with Crippen LogP contribution >= 0.6 is 0 Å². The topological polar surface area (TPSA) is 168 Å². The number of carbonyl (C=O) groups is 3. The predicted molar refractivity (Wildman–Crippen MR) is 151 cm³/mol. The summed E-state index contributed by atoms with van der Waals surface area (Å²) in [5.41, 5.74) is -1.37. The van der Waals surface area contributed by atoms with E-state index in [1.807, 2.05) is 0 Å². The van der Waals surface area contributed by atoms with Crippen molar-refractivity contribution in [1.29, 1.82) is 0 Å². The minimum Gasteiger partial charge on any atom is -0.510 e. The van der Waals surface area contributed by atoms with Gasteiger partial charge < -0.3 is 36.0 Å². The fourth-order valence-electron chi connectivity index (χ4n) is 7.56. The molecule has 1 aliphatic heterocycles. The van der Waals surface area contributed by atoms with E-state index in [0.717, 1.165) is 32.0 Å². The van der Waals surface area contributed by atoms with E-state index in [9.17, 15) is 48.0 Å². The quantitative estimate of drug-likeness (QED) is 0.282. The van der Waals surface area contributed by atoms with Gasteiger partial charge in [0.1, 0.15) is 22.8 Å². The number of alkyl halides is 3. The van der Waals surface area contributed by atoms with Gasteiger partial charge in [-0.2, -0.15) is 13.2 Å². The lowest BCUT2D eigenvalue weighted by Gasteiger charge is -2.50. The SMILES string of the molecule is CN(CCN1CCCC1)Cc1cc(O)c2c(c1C(F)(F)F)C[C@H]1C[C@H]3[C@H](N(C)C)C(O)=C(C(N)=O)C(=O)[C@@]3(O)C(O)=C1C2=O. The van der Waals surface area contributed by atoms with Crippen molar-refractivity contribution in [3.63, 3.8) is 0 Å². The number of primary amides is 1. The number of fused-ring (bicyclic) bond motifs is 3. The highest BCUT2D eigenvalue weighted by molar-refractivity contribution is 6.24. The van der Waals surface area contributed by atoms with E-state index in [4.69, 9.17) is 5.73 Å². The summed E-state index contributed by atoms with van der Waals surface area (Å²) in [5, 5.41) is 44.8. The van der Waals surface area contributed by atoms with Gasteiger partial charge in [0.05, 0.1) is 17.2 Å². The monoisotopic (exact) mass is 622 g/mol. The summed E-state index contributed by atoms with van der Waals surface area (Å²) in [6.45, 7) is 2.88. The molecule has 44 heavy (non-hydrogen) atoms. The second-order valence-corrected chi connectivity index (χ2v) is 12.5. The maximum Gasteiger partial charge on any atom is 0.417 e. The van der Waals surface area contributed by atoms with Crippen molar-refractivity contribution in [3.05, 3.63) is 51.0 Å². The van der Waals surface area contributed by atoms with Crippen molar-refractivity contribution in [2.24, 2.45) is 17.6 Å². The molecule has 0 bridgehead atoms. The largest absolute Gasteiger partial charge is 0.510 e.